The molecule has 3 rings (SSSR count). The maximum atomic E-state index is 12.2. The third kappa shape index (κ3) is 3.04. The minimum Gasteiger partial charge on any atom is -0.319 e. The van der Waals surface area contributed by atoms with Crippen LogP contribution in [0.4, 0.5) is 5.69 Å². The first-order valence-electron chi connectivity index (χ1n) is 6.11. The first-order valence-corrected chi connectivity index (χ1v) is 7.28. The van der Waals surface area contributed by atoms with Gasteiger partial charge in [0.1, 0.15) is 5.69 Å². The Kier molecular flexibility index (Phi) is 3.86. The number of para-hydroxylation sites is 1. The summed E-state index contributed by atoms with van der Waals surface area (Å²) in [6.45, 7) is 0. The fourth-order valence-corrected chi connectivity index (χ4v) is 2.46. The summed E-state index contributed by atoms with van der Waals surface area (Å²) in [5.74, 6) is -0.324. The molecule has 0 aliphatic rings. The SMILES string of the molecule is O=C(Nc1cccc2cc(Br)cnc12)c1cc(Cl)ccn1. The molecule has 0 saturated heterocycles. The lowest BCUT2D eigenvalue weighted by Crippen LogP contribution is -2.13. The molecule has 0 unspecified atom stereocenters. The van der Waals surface area contributed by atoms with Crippen molar-refractivity contribution in [1.29, 1.82) is 0 Å². The zero-order valence-electron chi connectivity index (χ0n) is 10.7. The number of hydrogen-bond acceptors (Lipinski definition) is 3. The number of halogens is 2. The second-order valence-electron chi connectivity index (χ2n) is 4.34. The average Bonchev–Trinajstić information content (AvgIpc) is 2.47. The second kappa shape index (κ2) is 5.79. The zero-order valence-corrected chi connectivity index (χ0v) is 13.0. The standard InChI is InChI=1S/C15H9BrClN3O/c16-10-6-9-2-1-3-12(14(9)19-8-10)20-15(21)13-7-11(17)4-5-18-13/h1-8H,(H,20,21). The average molecular weight is 363 g/mol. The van der Waals surface area contributed by atoms with Gasteiger partial charge in [0.15, 0.2) is 0 Å². The van der Waals surface area contributed by atoms with Crippen LogP contribution >= 0.6 is 27.5 Å². The van der Waals surface area contributed by atoms with Gasteiger partial charge in [-0.15, -0.1) is 0 Å². The van der Waals surface area contributed by atoms with Gasteiger partial charge in [-0.1, -0.05) is 23.7 Å². The molecule has 0 aliphatic carbocycles. The molecule has 0 bridgehead atoms. The highest BCUT2D eigenvalue weighted by molar-refractivity contribution is 9.10. The number of benzene rings is 1. The van der Waals surface area contributed by atoms with Crippen LogP contribution in [0.1, 0.15) is 10.5 Å². The fourth-order valence-electron chi connectivity index (χ4n) is 1.95. The lowest BCUT2D eigenvalue weighted by Gasteiger charge is -2.08. The van der Waals surface area contributed by atoms with Gasteiger partial charge in [-0.3, -0.25) is 14.8 Å². The highest BCUT2D eigenvalue weighted by atomic mass is 79.9. The Morgan fingerprint density at radius 1 is 1.19 bits per heavy atom. The van der Waals surface area contributed by atoms with Crippen molar-refractivity contribution in [2.45, 2.75) is 0 Å². The number of fused-ring (bicyclic) bond motifs is 1. The minimum absolute atomic E-state index is 0.261. The number of carbonyl (C=O) groups excluding carboxylic acids is 1. The molecular formula is C15H9BrClN3O. The number of anilines is 1. The van der Waals surface area contributed by atoms with Crippen LogP contribution < -0.4 is 5.32 Å². The van der Waals surface area contributed by atoms with Crippen molar-refractivity contribution in [1.82, 2.24) is 9.97 Å². The van der Waals surface area contributed by atoms with Gasteiger partial charge in [0.25, 0.3) is 5.91 Å². The molecule has 1 amide bonds. The van der Waals surface area contributed by atoms with Crippen molar-refractivity contribution in [3.8, 4) is 0 Å². The van der Waals surface area contributed by atoms with Gasteiger partial charge in [-0.2, -0.15) is 0 Å². The first-order chi connectivity index (χ1) is 10.1. The first kappa shape index (κ1) is 14.0. The third-order valence-corrected chi connectivity index (χ3v) is 3.55. The van der Waals surface area contributed by atoms with Crippen molar-refractivity contribution < 1.29 is 4.79 Å². The number of hydrogen-bond donors (Lipinski definition) is 1. The Morgan fingerprint density at radius 3 is 2.86 bits per heavy atom. The molecule has 104 valence electrons. The number of rotatable bonds is 2. The summed E-state index contributed by atoms with van der Waals surface area (Å²) < 4.78 is 0.884. The molecule has 0 radical (unpaired) electrons. The van der Waals surface area contributed by atoms with Gasteiger partial charge >= 0.3 is 0 Å². The van der Waals surface area contributed by atoms with Gasteiger partial charge in [-0.25, -0.2) is 0 Å². The molecule has 1 N–H and O–H groups in total. The summed E-state index contributed by atoms with van der Waals surface area (Å²) in [6.07, 6.45) is 3.19. The van der Waals surface area contributed by atoms with E-state index in [1.54, 1.807) is 18.3 Å². The van der Waals surface area contributed by atoms with E-state index in [0.717, 1.165) is 15.4 Å². The number of pyridine rings is 2. The molecule has 0 spiro atoms. The highest BCUT2D eigenvalue weighted by Gasteiger charge is 2.10. The lowest BCUT2D eigenvalue weighted by molar-refractivity contribution is 0.102. The Bertz CT molecular complexity index is 838. The van der Waals surface area contributed by atoms with Crippen molar-refractivity contribution in [2.75, 3.05) is 5.32 Å². The largest absolute Gasteiger partial charge is 0.319 e. The van der Waals surface area contributed by atoms with E-state index in [0.29, 0.717) is 10.7 Å². The van der Waals surface area contributed by atoms with Crippen molar-refractivity contribution in [2.24, 2.45) is 0 Å². The van der Waals surface area contributed by atoms with Crippen LogP contribution in [0, 0.1) is 0 Å². The van der Waals surface area contributed by atoms with Crippen molar-refractivity contribution in [3.05, 3.63) is 64.0 Å². The second-order valence-corrected chi connectivity index (χ2v) is 5.70. The minimum atomic E-state index is -0.324. The molecule has 1 aromatic carbocycles. The van der Waals surface area contributed by atoms with E-state index in [2.05, 4.69) is 31.2 Å². The number of amides is 1. The van der Waals surface area contributed by atoms with E-state index in [-0.39, 0.29) is 11.6 Å². The van der Waals surface area contributed by atoms with Crippen LogP contribution in [-0.4, -0.2) is 15.9 Å². The Labute approximate surface area is 134 Å². The van der Waals surface area contributed by atoms with Crippen molar-refractivity contribution in [3.63, 3.8) is 0 Å². The number of nitrogens with one attached hydrogen (secondary N) is 1. The fraction of sp³-hybridized carbons (Fsp3) is 0. The molecule has 4 nitrogen and oxygen atoms in total. The maximum Gasteiger partial charge on any atom is 0.274 e. The molecule has 0 fully saturated rings. The maximum absolute atomic E-state index is 12.2. The monoisotopic (exact) mass is 361 g/mol. The van der Waals surface area contributed by atoms with E-state index in [1.807, 2.05) is 18.2 Å². The molecule has 0 aliphatic heterocycles. The molecule has 0 atom stereocenters. The van der Waals surface area contributed by atoms with Crippen LogP contribution in [-0.2, 0) is 0 Å². The van der Waals surface area contributed by atoms with Crippen LogP contribution in [0.25, 0.3) is 10.9 Å². The Hall–Kier alpha value is -1.98. The molecule has 21 heavy (non-hydrogen) atoms. The number of carbonyl (C=O) groups is 1. The zero-order chi connectivity index (χ0) is 14.8. The van der Waals surface area contributed by atoms with Crippen LogP contribution in [0.2, 0.25) is 5.02 Å². The molecule has 2 heterocycles. The smallest absolute Gasteiger partial charge is 0.274 e. The summed E-state index contributed by atoms with van der Waals surface area (Å²) in [6, 6.07) is 10.7. The number of nitrogens with zero attached hydrogens (tertiary/aromatic N) is 2. The van der Waals surface area contributed by atoms with E-state index >= 15 is 0 Å². The molecular weight excluding hydrogens is 354 g/mol. The van der Waals surface area contributed by atoms with E-state index < -0.39 is 0 Å². The summed E-state index contributed by atoms with van der Waals surface area (Å²) >= 11 is 9.24. The van der Waals surface area contributed by atoms with Gasteiger partial charge in [0.2, 0.25) is 0 Å². The Morgan fingerprint density at radius 2 is 2.05 bits per heavy atom. The third-order valence-electron chi connectivity index (χ3n) is 2.88. The van der Waals surface area contributed by atoms with E-state index in [9.17, 15) is 4.79 Å². The van der Waals surface area contributed by atoms with Gasteiger partial charge in [0, 0.05) is 27.3 Å². The number of aromatic nitrogens is 2. The summed E-state index contributed by atoms with van der Waals surface area (Å²) in [4.78, 5) is 20.5. The molecule has 6 heteroatoms. The van der Waals surface area contributed by atoms with Gasteiger partial charge in [-0.05, 0) is 40.2 Å². The summed E-state index contributed by atoms with van der Waals surface area (Å²) in [5.41, 5.74) is 1.61. The van der Waals surface area contributed by atoms with Crippen LogP contribution in [0.3, 0.4) is 0 Å². The van der Waals surface area contributed by atoms with E-state index in [4.69, 9.17) is 11.6 Å². The van der Waals surface area contributed by atoms with Crippen LogP contribution in [0.15, 0.2) is 53.3 Å². The quantitative estimate of drug-likeness (QED) is 0.739. The Balaban J connectivity index is 1.96. The molecule has 0 saturated carbocycles. The predicted octanol–water partition coefficient (Wildman–Crippen LogP) is 4.30. The van der Waals surface area contributed by atoms with Crippen LogP contribution in [0.5, 0.6) is 0 Å². The summed E-state index contributed by atoms with van der Waals surface area (Å²) in [7, 11) is 0. The highest BCUT2D eigenvalue weighted by Crippen LogP contribution is 2.24. The predicted molar refractivity (Wildman–Crippen MR) is 86.6 cm³/mol. The van der Waals surface area contributed by atoms with Gasteiger partial charge in [0.05, 0.1) is 11.2 Å². The van der Waals surface area contributed by atoms with E-state index in [1.165, 1.54) is 12.3 Å². The summed E-state index contributed by atoms with van der Waals surface area (Å²) in [5, 5.41) is 4.21. The van der Waals surface area contributed by atoms with Crippen molar-refractivity contribution >= 4 is 50.0 Å². The van der Waals surface area contributed by atoms with Gasteiger partial charge < -0.3 is 5.32 Å². The lowest BCUT2D eigenvalue weighted by atomic mass is 10.2. The molecule has 2 aromatic heterocycles. The molecule has 3 aromatic rings. The normalized spacial score (nSPS) is 10.6. The topological polar surface area (TPSA) is 54.9 Å².